The zero-order chi connectivity index (χ0) is 17.5. The van der Waals surface area contributed by atoms with E-state index in [2.05, 4.69) is 20.8 Å². The number of nitrogens with one attached hydrogen (secondary N) is 2. The van der Waals surface area contributed by atoms with Gasteiger partial charge in [0, 0.05) is 11.4 Å². The van der Waals surface area contributed by atoms with Crippen molar-refractivity contribution in [2.75, 3.05) is 23.5 Å². The molecule has 7 nitrogen and oxygen atoms in total. The second-order valence-electron chi connectivity index (χ2n) is 4.46. The molecule has 2 amide bonds. The van der Waals surface area contributed by atoms with Gasteiger partial charge in [0.25, 0.3) is 0 Å². The molecule has 1 aromatic heterocycles. The molecular weight excluding hydrogens is 372 g/mol. The van der Waals surface area contributed by atoms with Crippen LogP contribution in [0.5, 0.6) is 5.75 Å². The Morgan fingerprint density at radius 1 is 1.29 bits per heavy atom. The molecule has 0 atom stereocenters. The van der Waals surface area contributed by atoms with Crippen LogP contribution in [0.15, 0.2) is 22.5 Å². The van der Waals surface area contributed by atoms with E-state index in [1.165, 1.54) is 30.2 Å². The van der Waals surface area contributed by atoms with Gasteiger partial charge in [-0.1, -0.05) is 41.6 Å². The number of thioether (sulfide) groups is 1. The smallest absolute Gasteiger partial charge is 0.234 e. The average molecular weight is 387 g/mol. The number of anilines is 2. The Balaban J connectivity index is 1.90. The van der Waals surface area contributed by atoms with Gasteiger partial charge in [-0.25, -0.2) is 0 Å². The van der Waals surface area contributed by atoms with E-state index < -0.39 is 0 Å². The van der Waals surface area contributed by atoms with Crippen molar-refractivity contribution in [3.63, 3.8) is 0 Å². The highest BCUT2D eigenvalue weighted by Gasteiger charge is 2.12. The Morgan fingerprint density at radius 2 is 2.08 bits per heavy atom. The van der Waals surface area contributed by atoms with Gasteiger partial charge >= 0.3 is 0 Å². The number of halogens is 1. The van der Waals surface area contributed by atoms with Crippen LogP contribution < -0.4 is 15.4 Å². The molecular formula is C14H15ClN4O3S2. The van der Waals surface area contributed by atoms with Gasteiger partial charge in [-0.05, 0) is 18.2 Å². The largest absolute Gasteiger partial charge is 0.495 e. The van der Waals surface area contributed by atoms with Gasteiger partial charge in [0.2, 0.25) is 16.9 Å². The van der Waals surface area contributed by atoms with Crippen molar-refractivity contribution < 1.29 is 14.3 Å². The molecule has 1 heterocycles. The number of ether oxygens (including phenoxy) is 1. The van der Waals surface area contributed by atoms with E-state index in [4.69, 9.17) is 16.3 Å². The van der Waals surface area contributed by atoms with Crippen LogP contribution in [0.4, 0.5) is 10.8 Å². The second kappa shape index (κ2) is 8.86. The molecule has 0 aliphatic carbocycles. The van der Waals surface area contributed by atoms with Crippen molar-refractivity contribution in [2.24, 2.45) is 0 Å². The van der Waals surface area contributed by atoms with E-state index in [1.807, 2.05) is 0 Å². The van der Waals surface area contributed by atoms with Gasteiger partial charge in [-0.3, -0.25) is 9.59 Å². The number of nitrogens with zero attached hydrogens (tertiary/aromatic N) is 2. The summed E-state index contributed by atoms with van der Waals surface area (Å²) in [6.45, 7) is 1.75. The van der Waals surface area contributed by atoms with Crippen LogP contribution in [0.3, 0.4) is 0 Å². The maximum Gasteiger partial charge on any atom is 0.234 e. The third-order valence-corrected chi connectivity index (χ3v) is 4.94. The summed E-state index contributed by atoms with van der Waals surface area (Å²) < 4.78 is 5.77. The van der Waals surface area contributed by atoms with Crippen LogP contribution in [0.1, 0.15) is 13.3 Å². The number of carbonyl (C=O) groups is 2. The van der Waals surface area contributed by atoms with Gasteiger partial charge in [0.1, 0.15) is 5.75 Å². The molecule has 0 saturated carbocycles. The molecule has 2 rings (SSSR count). The van der Waals surface area contributed by atoms with Crippen LogP contribution in [0.2, 0.25) is 5.02 Å². The van der Waals surface area contributed by atoms with Gasteiger partial charge in [0.15, 0.2) is 4.34 Å². The molecule has 0 saturated heterocycles. The van der Waals surface area contributed by atoms with Gasteiger partial charge in [-0.15, -0.1) is 10.2 Å². The fourth-order valence-corrected chi connectivity index (χ4v) is 3.36. The molecule has 0 bridgehead atoms. The summed E-state index contributed by atoms with van der Waals surface area (Å²) in [5.41, 5.74) is 0.503. The lowest BCUT2D eigenvalue weighted by Crippen LogP contribution is -2.14. The van der Waals surface area contributed by atoms with E-state index in [9.17, 15) is 9.59 Å². The van der Waals surface area contributed by atoms with Crippen molar-refractivity contribution in [3.8, 4) is 5.75 Å². The molecule has 0 aliphatic heterocycles. The second-order valence-corrected chi connectivity index (χ2v) is 7.09. The molecule has 2 N–H and O–H groups in total. The van der Waals surface area contributed by atoms with E-state index in [-0.39, 0.29) is 17.6 Å². The van der Waals surface area contributed by atoms with E-state index in [0.29, 0.717) is 32.4 Å². The Labute approximate surface area is 152 Å². The SMILES string of the molecule is CCC(=O)Nc1nnc(SCC(=O)Nc2cc(Cl)ccc2OC)s1. The summed E-state index contributed by atoms with van der Waals surface area (Å²) in [6, 6.07) is 4.98. The zero-order valence-corrected chi connectivity index (χ0v) is 15.3. The summed E-state index contributed by atoms with van der Waals surface area (Å²) in [7, 11) is 1.51. The Bertz CT molecular complexity index is 739. The minimum Gasteiger partial charge on any atom is -0.495 e. The van der Waals surface area contributed by atoms with Crippen LogP contribution in [-0.2, 0) is 9.59 Å². The maximum atomic E-state index is 12.1. The van der Waals surface area contributed by atoms with Crippen molar-refractivity contribution >= 4 is 57.3 Å². The topological polar surface area (TPSA) is 93.2 Å². The third kappa shape index (κ3) is 5.36. The lowest BCUT2D eigenvalue weighted by Gasteiger charge is -2.09. The van der Waals surface area contributed by atoms with E-state index in [0.717, 1.165) is 0 Å². The Kier molecular flexibility index (Phi) is 6.83. The fraction of sp³-hybridized carbons (Fsp3) is 0.286. The third-order valence-electron chi connectivity index (χ3n) is 2.74. The molecule has 128 valence electrons. The number of amides is 2. The van der Waals surface area contributed by atoms with Crippen molar-refractivity contribution in [1.29, 1.82) is 0 Å². The fourth-order valence-electron chi connectivity index (χ4n) is 1.62. The number of hydrogen-bond acceptors (Lipinski definition) is 7. The average Bonchev–Trinajstić information content (AvgIpc) is 3.00. The summed E-state index contributed by atoms with van der Waals surface area (Å²) in [5.74, 6) is 0.313. The molecule has 0 spiro atoms. The lowest BCUT2D eigenvalue weighted by atomic mass is 10.3. The van der Waals surface area contributed by atoms with Gasteiger partial charge in [-0.2, -0.15) is 0 Å². The summed E-state index contributed by atoms with van der Waals surface area (Å²) in [6.07, 6.45) is 0.367. The minimum atomic E-state index is -0.227. The van der Waals surface area contributed by atoms with Gasteiger partial charge in [0.05, 0.1) is 18.6 Å². The predicted molar refractivity (Wildman–Crippen MR) is 96.2 cm³/mol. The van der Waals surface area contributed by atoms with Crippen molar-refractivity contribution in [3.05, 3.63) is 23.2 Å². The number of rotatable bonds is 7. The zero-order valence-electron chi connectivity index (χ0n) is 13.0. The Hall–Kier alpha value is -1.84. The standard InChI is InChI=1S/C14H15ClN4O3S2/c1-3-11(20)17-13-18-19-14(24-13)23-7-12(21)16-9-6-8(15)4-5-10(9)22-2/h4-6H,3,7H2,1-2H3,(H,16,21)(H,17,18,20). The molecule has 0 aliphatic rings. The number of aromatic nitrogens is 2. The van der Waals surface area contributed by atoms with Crippen LogP contribution >= 0.6 is 34.7 Å². The van der Waals surface area contributed by atoms with E-state index >= 15 is 0 Å². The lowest BCUT2D eigenvalue weighted by molar-refractivity contribution is -0.116. The van der Waals surface area contributed by atoms with E-state index in [1.54, 1.807) is 25.1 Å². The van der Waals surface area contributed by atoms with Crippen molar-refractivity contribution in [2.45, 2.75) is 17.7 Å². The Morgan fingerprint density at radius 3 is 2.79 bits per heavy atom. The molecule has 2 aromatic rings. The highest BCUT2D eigenvalue weighted by atomic mass is 35.5. The molecule has 24 heavy (non-hydrogen) atoms. The first kappa shape index (κ1) is 18.5. The molecule has 10 heteroatoms. The first-order chi connectivity index (χ1) is 11.5. The van der Waals surface area contributed by atoms with Crippen molar-refractivity contribution in [1.82, 2.24) is 10.2 Å². The number of methoxy groups -OCH3 is 1. The number of carbonyl (C=O) groups excluding carboxylic acids is 2. The monoisotopic (exact) mass is 386 g/mol. The maximum absolute atomic E-state index is 12.1. The van der Waals surface area contributed by atoms with Gasteiger partial charge < -0.3 is 15.4 Å². The summed E-state index contributed by atoms with van der Waals surface area (Å²) in [4.78, 5) is 23.3. The van der Waals surface area contributed by atoms with Crippen LogP contribution in [0.25, 0.3) is 0 Å². The first-order valence-electron chi connectivity index (χ1n) is 6.91. The summed E-state index contributed by atoms with van der Waals surface area (Å²) in [5, 5.41) is 14.0. The van der Waals surface area contributed by atoms with Crippen LogP contribution in [0, 0.1) is 0 Å². The molecule has 0 unspecified atom stereocenters. The molecule has 1 aromatic carbocycles. The number of benzene rings is 1. The summed E-state index contributed by atoms with van der Waals surface area (Å²) >= 11 is 8.37. The quantitative estimate of drug-likeness (QED) is 0.560. The normalized spacial score (nSPS) is 10.3. The molecule has 0 radical (unpaired) electrons. The highest BCUT2D eigenvalue weighted by Crippen LogP contribution is 2.29. The number of hydrogen-bond donors (Lipinski definition) is 2. The highest BCUT2D eigenvalue weighted by molar-refractivity contribution is 8.01. The first-order valence-corrected chi connectivity index (χ1v) is 9.09. The van der Waals surface area contributed by atoms with Crippen LogP contribution in [-0.4, -0.2) is 34.9 Å². The molecule has 0 fully saturated rings. The predicted octanol–water partition coefficient (Wildman–Crippen LogP) is 3.28. The minimum absolute atomic E-state index is 0.131.